The zero-order valence-corrected chi connectivity index (χ0v) is 11.3. The summed E-state index contributed by atoms with van der Waals surface area (Å²) >= 11 is 0. The Kier molecular flexibility index (Phi) is 4.18. The van der Waals surface area contributed by atoms with Crippen LogP contribution in [-0.2, 0) is 11.2 Å². The lowest BCUT2D eigenvalue weighted by Crippen LogP contribution is -2.48. The minimum absolute atomic E-state index is 0.00662. The molecule has 0 aromatic heterocycles. The van der Waals surface area contributed by atoms with Gasteiger partial charge < -0.3 is 9.64 Å². The van der Waals surface area contributed by atoms with Crippen molar-refractivity contribution in [2.45, 2.75) is 32.5 Å². The van der Waals surface area contributed by atoms with Crippen LogP contribution >= 0.6 is 0 Å². The number of hydrogen-bond donors (Lipinski definition) is 0. The quantitative estimate of drug-likeness (QED) is 0.815. The zero-order chi connectivity index (χ0) is 13.8. The average Bonchev–Trinajstić information content (AvgIpc) is 2.38. The number of carbonyl (C=O) groups is 1. The summed E-state index contributed by atoms with van der Waals surface area (Å²) in [5, 5.41) is 8.83. The van der Waals surface area contributed by atoms with Crippen LogP contribution in [0.15, 0.2) is 24.3 Å². The fraction of sp³-hybridized carbons (Fsp3) is 0.467. The molecule has 0 spiro atoms. The van der Waals surface area contributed by atoms with E-state index in [4.69, 9.17) is 10.00 Å². The Bertz CT molecular complexity index is 497. The predicted octanol–water partition coefficient (Wildman–Crippen LogP) is 2.00. The molecule has 1 aromatic rings. The monoisotopic (exact) mass is 258 g/mol. The number of morpholine rings is 1. The zero-order valence-electron chi connectivity index (χ0n) is 11.3. The van der Waals surface area contributed by atoms with E-state index in [9.17, 15) is 4.79 Å². The van der Waals surface area contributed by atoms with Crippen molar-refractivity contribution >= 4 is 5.91 Å². The molecule has 0 radical (unpaired) electrons. The molecule has 1 aliphatic heterocycles. The predicted molar refractivity (Wildman–Crippen MR) is 71.7 cm³/mol. The molecule has 100 valence electrons. The molecule has 1 aliphatic rings. The van der Waals surface area contributed by atoms with E-state index in [1.807, 2.05) is 36.9 Å². The van der Waals surface area contributed by atoms with Crippen LogP contribution in [0.4, 0.5) is 0 Å². The summed E-state index contributed by atoms with van der Waals surface area (Å²) in [5.74, 6) is -0.00662. The first-order valence-corrected chi connectivity index (χ1v) is 6.51. The van der Waals surface area contributed by atoms with E-state index in [2.05, 4.69) is 6.07 Å². The molecule has 0 saturated carbocycles. The Morgan fingerprint density at radius 1 is 1.37 bits per heavy atom. The molecular formula is C15H18N2O2. The van der Waals surface area contributed by atoms with Gasteiger partial charge in [-0.15, -0.1) is 0 Å². The molecule has 2 atom stereocenters. The van der Waals surface area contributed by atoms with Crippen molar-refractivity contribution in [1.82, 2.24) is 4.90 Å². The van der Waals surface area contributed by atoms with Crippen molar-refractivity contribution in [3.05, 3.63) is 35.4 Å². The van der Waals surface area contributed by atoms with Crippen LogP contribution < -0.4 is 0 Å². The lowest BCUT2D eigenvalue weighted by molar-refractivity contribution is -0.0586. The van der Waals surface area contributed by atoms with Gasteiger partial charge in [0.1, 0.15) is 0 Å². The van der Waals surface area contributed by atoms with Gasteiger partial charge >= 0.3 is 0 Å². The molecule has 1 fully saturated rings. The lowest BCUT2D eigenvalue weighted by atomic mass is 10.0. The normalized spacial score (nSPS) is 22.9. The molecule has 0 N–H and O–H groups in total. The standard InChI is InChI=1S/C15H18N2O2/c1-11-9-17(10-12(2)19-11)15(18)14-6-4-3-5-13(14)7-8-16/h3-6,11-12H,7,9-10H2,1-2H3. The number of ether oxygens (including phenoxy) is 1. The molecule has 19 heavy (non-hydrogen) atoms. The first-order valence-electron chi connectivity index (χ1n) is 6.51. The molecule has 1 heterocycles. The molecule has 2 rings (SSSR count). The molecule has 1 saturated heterocycles. The third-order valence-electron chi connectivity index (χ3n) is 3.22. The highest BCUT2D eigenvalue weighted by Crippen LogP contribution is 2.17. The SMILES string of the molecule is CC1CN(C(=O)c2ccccc2CC#N)CC(C)O1. The van der Waals surface area contributed by atoms with Gasteiger partial charge in [-0.3, -0.25) is 4.79 Å². The molecule has 4 nitrogen and oxygen atoms in total. The summed E-state index contributed by atoms with van der Waals surface area (Å²) < 4.78 is 5.63. The Morgan fingerprint density at radius 2 is 2.00 bits per heavy atom. The summed E-state index contributed by atoms with van der Waals surface area (Å²) in [6.07, 6.45) is 0.365. The maximum Gasteiger partial charge on any atom is 0.254 e. The molecule has 0 bridgehead atoms. The number of carbonyl (C=O) groups excluding carboxylic acids is 1. The maximum atomic E-state index is 12.5. The van der Waals surface area contributed by atoms with E-state index in [0.717, 1.165) is 5.56 Å². The fourth-order valence-corrected chi connectivity index (χ4v) is 2.48. The molecule has 4 heteroatoms. The first-order chi connectivity index (χ1) is 9.11. The smallest absolute Gasteiger partial charge is 0.254 e. The van der Waals surface area contributed by atoms with Crippen molar-refractivity contribution in [1.29, 1.82) is 5.26 Å². The number of nitriles is 1. The van der Waals surface area contributed by atoms with Gasteiger partial charge in [0, 0.05) is 18.7 Å². The van der Waals surface area contributed by atoms with E-state index >= 15 is 0 Å². The Hall–Kier alpha value is -1.86. The van der Waals surface area contributed by atoms with Crippen molar-refractivity contribution in [3.8, 4) is 6.07 Å². The number of nitrogens with zero attached hydrogens (tertiary/aromatic N) is 2. The highest BCUT2D eigenvalue weighted by molar-refractivity contribution is 5.95. The van der Waals surface area contributed by atoms with Crippen molar-refractivity contribution < 1.29 is 9.53 Å². The van der Waals surface area contributed by atoms with Crippen molar-refractivity contribution in [3.63, 3.8) is 0 Å². The third-order valence-corrected chi connectivity index (χ3v) is 3.22. The minimum atomic E-state index is -0.00662. The second kappa shape index (κ2) is 5.85. The Balaban J connectivity index is 2.22. The van der Waals surface area contributed by atoms with Crippen LogP contribution in [0.5, 0.6) is 0 Å². The fourth-order valence-electron chi connectivity index (χ4n) is 2.48. The number of rotatable bonds is 2. The lowest BCUT2D eigenvalue weighted by Gasteiger charge is -2.35. The van der Waals surface area contributed by atoms with Crippen LogP contribution in [0.1, 0.15) is 29.8 Å². The van der Waals surface area contributed by atoms with Gasteiger partial charge in [-0.05, 0) is 25.5 Å². The van der Waals surface area contributed by atoms with Crippen LogP contribution in [0.2, 0.25) is 0 Å². The molecule has 1 aromatic carbocycles. The van der Waals surface area contributed by atoms with Gasteiger partial charge in [-0.25, -0.2) is 0 Å². The maximum absolute atomic E-state index is 12.5. The first kappa shape index (κ1) is 13.6. The molecule has 1 amide bonds. The summed E-state index contributed by atoms with van der Waals surface area (Å²) in [6.45, 7) is 5.14. The van der Waals surface area contributed by atoms with Gasteiger partial charge in [0.25, 0.3) is 5.91 Å². The van der Waals surface area contributed by atoms with Crippen molar-refractivity contribution in [2.75, 3.05) is 13.1 Å². The van der Waals surface area contributed by atoms with Gasteiger partial charge in [0.15, 0.2) is 0 Å². The second-order valence-corrected chi connectivity index (χ2v) is 4.96. The molecular weight excluding hydrogens is 240 g/mol. The summed E-state index contributed by atoms with van der Waals surface area (Å²) in [5.41, 5.74) is 1.42. The highest BCUT2D eigenvalue weighted by atomic mass is 16.5. The van der Waals surface area contributed by atoms with E-state index in [1.165, 1.54) is 0 Å². The van der Waals surface area contributed by atoms with E-state index in [-0.39, 0.29) is 24.5 Å². The topological polar surface area (TPSA) is 53.3 Å². The second-order valence-electron chi connectivity index (χ2n) is 4.96. The summed E-state index contributed by atoms with van der Waals surface area (Å²) in [7, 11) is 0. The Morgan fingerprint density at radius 3 is 2.63 bits per heavy atom. The van der Waals surface area contributed by atoms with Gasteiger partial charge in [0.2, 0.25) is 0 Å². The number of amides is 1. The van der Waals surface area contributed by atoms with Crippen molar-refractivity contribution in [2.24, 2.45) is 0 Å². The third kappa shape index (κ3) is 3.12. The molecule has 2 unspecified atom stereocenters. The van der Waals surface area contributed by atoms with E-state index < -0.39 is 0 Å². The minimum Gasteiger partial charge on any atom is -0.372 e. The number of benzene rings is 1. The van der Waals surface area contributed by atoms with Crippen LogP contribution in [0.25, 0.3) is 0 Å². The van der Waals surface area contributed by atoms with Gasteiger partial charge in [-0.1, -0.05) is 18.2 Å². The number of hydrogen-bond acceptors (Lipinski definition) is 3. The van der Waals surface area contributed by atoms with E-state index in [0.29, 0.717) is 18.7 Å². The summed E-state index contributed by atoms with van der Waals surface area (Å²) in [4.78, 5) is 14.4. The largest absolute Gasteiger partial charge is 0.372 e. The average molecular weight is 258 g/mol. The summed E-state index contributed by atoms with van der Waals surface area (Å²) in [6, 6.07) is 9.42. The van der Waals surface area contributed by atoms with Crippen LogP contribution in [0.3, 0.4) is 0 Å². The van der Waals surface area contributed by atoms with Crippen LogP contribution in [-0.4, -0.2) is 36.1 Å². The van der Waals surface area contributed by atoms with E-state index in [1.54, 1.807) is 6.07 Å². The molecule has 0 aliphatic carbocycles. The Labute approximate surface area is 113 Å². The van der Waals surface area contributed by atoms with Gasteiger partial charge in [-0.2, -0.15) is 5.26 Å². The van der Waals surface area contributed by atoms with Gasteiger partial charge in [0.05, 0.1) is 24.7 Å². The highest BCUT2D eigenvalue weighted by Gasteiger charge is 2.27. The van der Waals surface area contributed by atoms with Crippen LogP contribution in [0, 0.1) is 11.3 Å².